The molecule has 0 fully saturated rings. The second kappa shape index (κ2) is 4.38. The van der Waals surface area contributed by atoms with E-state index < -0.39 is 0 Å². The molecule has 0 saturated carbocycles. The van der Waals surface area contributed by atoms with E-state index in [-0.39, 0.29) is 0 Å². The Morgan fingerprint density at radius 3 is 3.30 bits per heavy atom. The van der Waals surface area contributed by atoms with Crippen LogP contribution in [0.4, 0.5) is 0 Å². The highest BCUT2D eigenvalue weighted by molar-refractivity contribution is 7.09. The normalized spacial score (nSPS) is 10.1. The first-order valence-electron chi connectivity index (χ1n) is 3.15. The van der Waals surface area contributed by atoms with Crippen LogP contribution in [0.15, 0.2) is 11.7 Å². The van der Waals surface area contributed by atoms with Crippen LogP contribution in [-0.2, 0) is 11.4 Å². The van der Waals surface area contributed by atoms with Crippen LogP contribution in [-0.4, -0.2) is 11.6 Å². The fourth-order valence-electron chi connectivity index (χ4n) is 0.554. The van der Waals surface area contributed by atoms with Crippen molar-refractivity contribution in [2.45, 2.75) is 13.5 Å². The van der Waals surface area contributed by atoms with E-state index in [0.29, 0.717) is 6.61 Å². The summed E-state index contributed by atoms with van der Waals surface area (Å²) in [4.78, 5) is 10.0. The molecule has 56 valence electrons. The first-order valence-corrected chi connectivity index (χ1v) is 4.03. The summed E-state index contributed by atoms with van der Waals surface area (Å²) in [5.41, 5.74) is 4.62. The Kier molecular flexibility index (Phi) is 3.35. The van der Waals surface area contributed by atoms with Gasteiger partial charge in [0.15, 0.2) is 0 Å². The zero-order valence-corrected chi connectivity index (χ0v) is 6.65. The minimum atomic E-state index is 0.693. The maximum Gasteiger partial charge on any atom is 0.0794 e. The maximum absolute atomic E-state index is 4.94. The second-order valence-electron chi connectivity index (χ2n) is 1.72. The molecule has 0 aliphatic carbocycles. The average molecular weight is 158 g/mol. The van der Waals surface area contributed by atoms with Gasteiger partial charge in [-0.25, -0.2) is 0 Å². The van der Waals surface area contributed by atoms with Crippen LogP contribution in [0.1, 0.15) is 11.8 Å². The third kappa shape index (κ3) is 2.43. The lowest BCUT2D eigenvalue weighted by Gasteiger charge is -1.98. The summed E-state index contributed by atoms with van der Waals surface area (Å²) in [6.07, 6.45) is 1.83. The van der Waals surface area contributed by atoms with Gasteiger partial charge in [-0.15, -0.1) is 11.3 Å². The molecule has 0 saturated heterocycles. The first kappa shape index (κ1) is 7.65. The maximum atomic E-state index is 4.94. The summed E-state index contributed by atoms with van der Waals surface area (Å²) >= 11 is 1.62. The van der Waals surface area contributed by atoms with Gasteiger partial charge in [0, 0.05) is 11.1 Å². The second-order valence-corrected chi connectivity index (χ2v) is 2.69. The molecule has 0 radical (unpaired) electrons. The Morgan fingerprint density at radius 1 is 1.80 bits per heavy atom. The quantitative estimate of drug-likeness (QED) is 0.528. The molecule has 3 nitrogen and oxygen atoms in total. The fourth-order valence-corrected chi connectivity index (χ4v) is 1.07. The molecule has 0 bridgehead atoms. The summed E-state index contributed by atoms with van der Waals surface area (Å²) < 4.78 is 0. The van der Waals surface area contributed by atoms with E-state index in [1.54, 1.807) is 11.3 Å². The predicted octanol–water partition coefficient (Wildman–Crippen LogP) is 1.18. The van der Waals surface area contributed by atoms with Crippen LogP contribution < -0.4 is 5.48 Å². The average Bonchev–Trinajstić information content (AvgIpc) is 2.41. The van der Waals surface area contributed by atoms with Crippen molar-refractivity contribution in [3.8, 4) is 0 Å². The van der Waals surface area contributed by atoms with Crippen molar-refractivity contribution in [3.05, 3.63) is 16.6 Å². The molecule has 1 N–H and O–H groups in total. The minimum absolute atomic E-state index is 0.693. The Hall–Kier alpha value is -0.450. The van der Waals surface area contributed by atoms with E-state index in [2.05, 4.69) is 10.5 Å². The highest BCUT2D eigenvalue weighted by Gasteiger charge is 1.91. The van der Waals surface area contributed by atoms with Gasteiger partial charge in [-0.05, 0) is 6.92 Å². The molecule has 0 aromatic carbocycles. The first-order chi connectivity index (χ1) is 4.93. The highest BCUT2D eigenvalue weighted by Crippen LogP contribution is 2.03. The van der Waals surface area contributed by atoms with E-state index in [0.717, 1.165) is 6.54 Å². The molecular formula is C6H10N2OS. The number of aromatic nitrogens is 1. The minimum Gasteiger partial charge on any atom is -0.302 e. The van der Waals surface area contributed by atoms with Gasteiger partial charge in [0.1, 0.15) is 0 Å². The van der Waals surface area contributed by atoms with E-state index >= 15 is 0 Å². The van der Waals surface area contributed by atoms with Crippen LogP contribution in [0.2, 0.25) is 0 Å². The smallest absolute Gasteiger partial charge is 0.0794 e. The number of hydrogen-bond acceptors (Lipinski definition) is 4. The topological polar surface area (TPSA) is 34.1 Å². The number of nitrogens with one attached hydrogen (secondary N) is 1. The lowest BCUT2D eigenvalue weighted by atomic mass is 10.6. The Morgan fingerprint density at radius 2 is 2.70 bits per heavy atom. The third-order valence-corrected chi connectivity index (χ3v) is 1.76. The molecule has 0 aliphatic rings. The van der Waals surface area contributed by atoms with E-state index in [1.165, 1.54) is 4.88 Å². The van der Waals surface area contributed by atoms with Crippen molar-refractivity contribution in [2.75, 3.05) is 6.61 Å². The van der Waals surface area contributed by atoms with Crippen molar-refractivity contribution in [3.63, 3.8) is 0 Å². The zero-order chi connectivity index (χ0) is 7.23. The van der Waals surface area contributed by atoms with Gasteiger partial charge < -0.3 is 4.84 Å². The van der Waals surface area contributed by atoms with E-state index in [1.807, 2.05) is 18.6 Å². The molecule has 1 rings (SSSR count). The number of hydroxylamine groups is 1. The SMILES string of the molecule is CCONCc1cncs1. The molecule has 1 aromatic rings. The van der Waals surface area contributed by atoms with Crippen molar-refractivity contribution >= 4 is 11.3 Å². The van der Waals surface area contributed by atoms with Crippen molar-refractivity contribution in [1.29, 1.82) is 0 Å². The third-order valence-electron chi connectivity index (χ3n) is 0.976. The largest absolute Gasteiger partial charge is 0.302 e. The highest BCUT2D eigenvalue weighted by atomic mass is 32.1. The molecule has 0 aliphatic heterocycles. The standard InChI is InChI=1S/C6H10N2OS/c1-2-9-8-4-6-3-7-5-10-6/h3,5,8H,2,4H2,1H3. The molecule has 0 amide bonds. The Labute approximate surface area is 64.0 Å². The molecule has 1 aromatic heterocycles. The molecule has 4 heteroatoms. The van der Waals surface area contributed by atoms with Crippen LogP contribution >= 0.6 is 11.3 Å². The Balaban J connectivity index is 2.15. The lowest BCUT2D eigenvalue weighted by Crippen LogP contribution is -2.12. The zero-order valence-electron chi connectivity index (χ0n) is 5.83. The van der Waals surface area contributed by atoms with Gasteiger partial charge in [0.05, 0.1) is 18.7 Å². The van der Waals surface area contributed by atoms with Gasteiger partial charge >= 0.3 is 0 Å². The van der Waals surface area contributed by atoms with Crippen molar-refractivity contribution < 1.29 is 4.84 Å². The van der Waals surface area contributed by atoms with Crippen LogP contribution in [0, 0.1) is 0 Å². The van der Waals surface area contributed by atoms with Gasteiger partial charge in [0.25, 0.3) is 0 Å². The van der Waals surface area contributed by atoms with Crippen LogP contribution in [0.25, 0.3) is 0 Å². The number of thiazole rings is 1. The molecule has 0 atom stereocenters. The van der Waals surface area contributed by atoms with Crippen molar-refractivity contribution in [2.24, 2.45) is 0 Å². The summed E-state index contributed by atoms with van der Waals surface area (Å²) in [6, 6.07) is 0. The summed E-state index contributed by atoms with van der Waals surface area (Å²) in [5.74, 6) is 0. The molecule has 1 heterocycles. The van der Waals surface area contributed by atoms with Gasteiger partial charge in [-0.3, -0.25) is 4.98 Å². The van der Waals surface area contributed by atoms with Crippen molar-refractivity contribution in [1.82, 2.24) is 10.5 Å². The number of rotatable bonds is 4. The number of nitrogens with zero attached hydrogens (tertiary/aromatic N) is 1. The summed E-state index contributed by atoms with van der Waals surface area (Å²) in [5, 5.41) is 0. The van der Waals surface area contributed by atoms with Gasteiger partial charge in [-0.2, -0.15) is 5.48 Å². The summed E-state index contributed by atoms with van der Waals surface area (Å²) in [6.45, 7) is 3.39. The summed E-state index contributed by atoms with van der Waals surface area (Å²) in [7, 11) is 0. The number of hydrogen-bond donors (Lipinski definition) is 1. The van der Waals surface area contributed by atoms with E-state index in [4.69, 9.17) is 4.84 Å². The Bertz CT molecular complexity index is 164. The fraction of sp³-hybridized carbons (Fsp3) is 0.500. The molecule has 0 unspecified atom stereocenters. The molecule has 10 heavy (non-hydrogen) atoms. The van der Waals surface area contributed by atoms with Gasteiger partial charge in [-0.1, -0.05) is 0 Å². The van der Waals surface area contributed by atoms with Crippen LogP contribution in [0.5, 0.6) is 0 Å². The van der Waals surface area contributed by atoms with E-state index in [9.17, 15) is 0 Å². The predicted molar refractivity (Wildman–Crippen MR) is 40.6 cm³/mol. The molecular weight excluding hydrogens is 148 g/mol. The molecule has 0 spiro atoms. The van der Waals surface area contributed by atoms with Gasteiger partial charge in [0.2, 0.25) is 0 Å². The van der Waals surface area contributed by atoms with Crippen LogP contribution in [0.3, 0.4) is 0 Å². The lowest BCUT2D eigenvalue weighted by molar-refractivity contribution is 0.0469. The monoisotopic (exact) mass is 158 g/mol.